The van der Waals surface area contributed by atoms with E-state index in [1.807, 2.05) is 14.1 Å². The minimum Gasteiger partial charge on any atom is -0.327 e. The summed E-state index contributed by atoms with van der Waals surface area (Å²) in [6.07, 6.45) is 0.656. The first kappa shape index (κ1) is 14.6. The largest absolute Gasteiger partial charge is 0.327 e. The van der Waals surface area contributed by atoms with Crippen molar-refractivity contribution in [3.8, 4) is 0 Å². The van der Waals surface area contributed by atoms with E-state index in [4.69, 9.17) is 23.2 Å². The molecule has 0 aliphatic heterocycles. The maximum atomic E-state index is 13.5. The van der Waals surface area contributed by atoms with Gasteiger partial charge in [-0.05, 0) is 20.2 Å². The number of hydrogen-bond acceptors (Lipinski definition) is 2. The van der Waals surface area contributed by atoms with Crippen molar-refractivity contribution < 1.29 is 4.39 Å². The zero-order valence-electron chi connectivity index (χ0n) is 11.0. The molecule has 0 N–H and O–H groups in total. The number of benzene rings is 1. The summed E-state index contributed by atoms with van der Waals surface area (Å²) in [5.41, 5.74) is 1.48. The molecular formula is C13H16Cl2FN3. The number of alkyl halides is 1. The van der Waals surface area contributed by atoms with Crippen LogP contribution in [0, 0.1) is 5.82 Å². The summed E-state index contributed by atoms with van der Waals surface area (Å²) in [7, 11) is 4.01. The zero-order valence-corrected chi connectivity index (χ0v) is 12.5. The van der Waals surface area contributed by atoms with Gasteiger partial charge in [0.25, 0.3) is 0 Å². The van der Waals surface area contributed by atoms with Gasteiger partial charge in [-0.25, -0.2) is 9.37 Å². The van der Waals surface area contributed by atoms with Gasteiger partial charge in [0.15, 0.2) is 0 Å². The molecule has 0 aliphatic carbocycles. The first-order chi connectivity index (χ1) is 9.02. The smallest absolute Gasteiger partial charge is 0.144 e. The minimum atomic E-state index is -0.441. The highest BCUT2D eigenvalue weighted by atomic mass is 35.5. The molecule has 0 saturated heterocycles. The fourth-order valence-corrected chi connectivity index (χ4v) is 2.32. The topological polar surface area (TPSA) is 21.1 Å². The van der Waals surface area contributed by atoms with Gasteiger partial charge in [0.2, 0.25) is 0 Å². The van der Waals surface area contributed by atoms with Gasteiger partial charge in [0, 0.05) is 31.5 Å². The molecule has 3 nitrogen and oxygen atoms in total. The molecule has 104 valence electrons. The zero-order chi connectivity index (χ0) is 14.0. The van der Waals surface area contributed by atoms with Crippen molar-refractivity contribution in [2.75, 3.05) is 26.5 Å². The number of hydrogen-bond donors (Lipinski definition) is 0. The number of rotatable bonds is 5. The van der Waals surface area contributed by atoms with Crippen LogP contribution in [0.4, 0.5) is 4.39 Å². The highest BCUT2D eigenvalue weighted by Crippen LogP contribution is 2.24. The summed E-state index contributed by atoms with van der Waals surface area (Å²) in [6, 6.07) is 3.01. The normalized spacial score (nSPS) is 11.7. The lowest BCUT2D eigenvalue weighted by Crippen LogP contribution is -2.19. The number of aromatic nitrogens is 2. The van der Waals surface area contributed by atoms with E-state index in [0.717, 1.165) is 24.4 Å². The molecule has 0 radical (unpaired) electrons. The van der Waals surface area contributed by atoms with E-state index in [1.54, 1.807) is 6.07 Å². The van der Waals surface area contributed by atoms with Gasteiger partial charge in [0.05, 0.1) is 16.1 Å². The maximum absolute atomic E-state index is 13.5. The van der Waals surface area contributed by atoms with Gasteiger partial charge in [-0.2, -0.15) is 0 Å². The summed E-state index contributed by atoms with van der Waals surface area (Å²) >= 11 is 11.7. The molecule has 0 bridgehead atoms. The fraction of sp³-hybridized carbons (Fsp3) is 0.462. The molecule has 0 aliphatic rings. The van der Waals surface area contributed by atoms with Crippen molar-refractivity contribution in [3.63, 3.8) is 0 Å². The molecule has 0 atom stereocenters. The average molecular weight is 304 g/mol. The Morgan fingerprint density at radius 2 is 2.11 bits per heavy atom. The molecule has 0 unspecified atom stereocenters. The molecule has 0 fully saturated rings. The van der Waals surface area contributed by atoms with Crippen molar-refractivity contribution in [2.45, 2.75) is 13.0 Å². The lowest BCUT2D eigenvalue weighted by molar-refractivity contribution is 0.383. The van der Waals surface area contributed by atoms with Crippen LogP contribution in [0.2, 0.25) is 5.02 Å². The highest BCUT2D eigenvalue weighted by molar-refractivity contribution is 6.31. The molecule has 2 aromatic rings. The van der Waals surface area contributed by atoms with Gasteiger partial charge >= 0.3 is 0 Å². The molecule has 0 spiro atoms. The summed E-state index contributed by atoms with van der Waals surface area (Å²) in [5.74, 6) is 0.916. The quantitative estimate of drug-likeness (QED) is 0.791. The summed E-state index contributed by atoms with van der Waals surface area (Å²) in [6.45, 7) is 1.65. The number of halogens is 3. The molecule has 19 heavy (non-hydrogen) atoms. The van der Waals surface area contributed by atoms with Crippen molar-refractivity contribution in [1.29, 1.82) is 0 Å². The number of fused-ring (bicyclic) bond motifs is 1. The lowest BCUT2D eigenvalue weighted by Gasteiger charge is -2.13. The number of imidazole rings is 1. The summed E-state index contributed by atoms with van der Waals surface area (Å²) < 4.78 is 15.5. The van der Waals surface area contributed by atoms with Gasteiger partial charge in [-0.3, -0.25) is 0 Å². The predicted octanol–water partition coefficient (Wildman–Crippen LogP) is 3.17. The van der Waals surface area contributed by atoms with Crippen LogP contribution in [-0.2, 0) is 13.0 Å². The van der Waals surface area contributed by atoms with Crippen molar-refractivity contribution >= 4 is 34.2 Å². The Labute approximate surface area is 121 Å². The highest BCUT2D eigenvalue weighted by Gasteiger charge is 2.13. The van der Waals surface area contributed by atoms with Crippen LogP contribution < -0.4 is 0 Å². The maximum Gasteiger partial charge on any atom is 0.144 e. The van der Waals surface area contributed by atoms with Crippen LogP contribution >= 0.6 is 23.2 Å². The van der Waals surface area contributed by atoms with Crippen LogP contribution in [0.15, 0.2) is 12.1 Å². The van der Waals surface area contributed by atoms with E-state index in [0.29, 0.717) is 17.8 Å². The van der Waals surface area contributed by atoms with Crippen molar-refractivity contribution in [2.24, 2.45) is 0 Å². The van der Waals surface area contributed by atoms with E-state index in [-0.39, 0.29) is 5.02 Å². The van der Waals surface area contributed by atoms with Crippen LogP contribution in [0.25, 0.3) is 11.0 Å². The first-order valence-corrected chi connectivity index (χ1v) is 6.99. The molecule has 1 aromatic heterocycles. The molecule has 6 heteroatoms. The van der Waals surface area contributed by atoms with Gasteiger partial charge in [-0.1, -0.05) is 11.6 Å². The van der Waals surface area contributed by atoms with Crippen LogP contribution in [0.3, 0.4) is 0 Å². The summed E-state index contributed by atoms with van der Waals surface area (Å²) in [4.78, 5) is 6.53. The summed E-state index contributed by atoms with van der Waals surface area (Å²) in [5, 5.41) is 0.121. The monoisotopic (exact) mass is 303 g/mol. The fourth-order valence-electron chi connectivity index (χ4n) is 1.99. The standard InChI is InChI=1S/C13H16Cl2FN3/c1-18(2)5-6-19-12-7-9(15)10(16)8-11(12)17-13(19)3-4-14/h7-8H,3-6H2,1-2H3. The molecule has 1 aromatic carbocycles. The number of nitrogens with zero attached hydrogens (tertiary/aromatic N) is 3. The molecule has 0 amide bonds. The van der Waals surface area contributed by atoms with Crippen molar-refractivity contribution in [3.05, 3.63) is 28.8 Å². The first-order valence-electron chi connectivity index (χ1n) is 6.07. The second kappa shape index (κ2) is 6.07. The number of likely N-dealkylation sites (N-methyl/N-ethyl adjacent to an activating group) is 1. The Balaban J connectivity index is 2.48. The van der Waals surface area contributed by atoms with Crippen LogP contribution in [0.5, 0.6) is 0 Å². The Kier molecular flexibility index (Phi) is 4.66. The Morgan fingerprint density at radius 1 is 1.37 bits per heavy atom. The Hall–Kier alpha value is -0.840. The van der Waals surface area contributed by atoms with E-state index < -0.39 is 5.82 Å². The van der Waals surface area contributed by atoms with Gasteiger partial charge < -0.3 is 9.47 Å². The van der Waals surface area contributed by atoms with E-state index in [2.05, 4.69) is 14.5 Å². The Morgan fingerprint density at radius 3 is 2.74 bits per heavy atom. The third-order valence-electron chi connectivity index (χ3n) is 2.96. The lowest BCUT2D eigenvalue weighted by atomic mass is 10.3. The SMILES string of the molecule is CN(C)CCn1c(CCCl)nc2cc(F)c(Cl)cc21. The second-order valence-corrected chi connectivity index (χ2v) is 5.46. The second-order valence-electron chi connectivity index (χ2n) is 4.68. The predicted molar refractivity (Wildman–Crippen MR) is 77.7 cm³/mol. The number of aryl methyl sites for hydroxylation is 1. The van der Waals surface area contributed by atoms with Crippen LogP contribution in [-0.4, -0.2) is 41.0 Å². The third kappa shape index (κ3) is 3.19. The van der Waals surface area contributed by atoms with Crippen molar-refractivity contribution in [1.82, 2.24) is 14.5 Å². The molecule has 0 saturated carbocycles. The minimum absolute atomic E-state index is 0.121. The molecule has 2 rings (SSSR count). The molecule has 1 heterocycles. The third-order valence-corrected chi connectivity index (χ3v) is 3.44. The van der Waals surface area contributed by atoms with Gasteiger partial charge in [-0.15, -0.1) is 11.6 Å². The van der Waals surface area contributed by atoms with E-state index >= 15 is 0 Å². The van der Waals surface area contributed by atoms with Crippen LogP contribution in [0.1, 0.15) is 5.82 Å². The average Bonchev–Trinajstić information content (AvgIpc) is 2.65. The van der Waals surface area contributed by atoms with E-state index in [9.17, 15) is 4.39 Å². The Bertz CT molecular complexity index is 581. The molecular weight excluding hydrogens is 288 g/mol. The van der Waals surface area contributed by atoms with Gasteiger partial charge in [0.1, 0.15) is 11.6 Å². The van der Waals surface area contributed by atoms with E-state index in [1.165, 1.54) is 6.07 Å².